The van der Waals surface area contributed by atoms with Crippen LogP contribution in [0.5, 0.6) is 5.75 Å². The maximum absolute atomic E-state index is 9.68. The summed E-state index contributed by atoms with van der Waals surface area (Å²) in [4.78, 5) is 0. The maximum atomic E-state index is 9.68. The molecule has 2 aromatic carbocycles. The molecule has 2 unspecified atom stereocenters. The molecule has 2 heteroatoms. The van der Waals surface area contributed by atoms with Crippen LogP contribution in [0.2, 0.25) is 0 Å². The van der Waals surface area contributed by atoms with Gasteiger partial charge in [-0.15, -0.1) is 0 Å². The second-order valence-corrected chi connectivity index (χ2v) is 8.11. The number of rotatable bonds is 2. The van der Waals surface area contributed by atoms with Gasteiger partial charge in [0.05, 0.1) is 0 Å². The van der Waals surface area contributed by atoms with Gasteiger partial charge in [0.25, 0.3) is 0 Å². The molecule has 0 aliphatic heterocycles. The molecule has 0 spiro atoms. The minimum Gasteiger partial charge on any atom is -0.508 e. The van der Waals surface area contributed by atoms with Gasteiger partial charge in [-0.2, -0.15) is 0 Å². The minimum absolute atomic E-state index is 0.0113. The summed E-state index contributed by atoms with van der Waals surface area (Å²) in [6.45, 7) is 7.09. The van der Waals surface area contributed by atoms with Gasteiger partial charge >= 0.3 is 0 Å². The standard InChI is InChI=1S/C21H27NO/c1-15-12-20(2,3)14-21(13-15,16-4-8-18(22)9-5-16)17-6-10-19(23)11-7-17/h4-11,15,23H,12-14,22H2,1-3H3. The zero-order valence-corrected chi connectivity index (χ0v) is 14.3. The Bertz CT molecular complexity index is 624. The predicted octanol–water partition coefficient (Wildman–Crippen LogP) is 5.11. The van der Waals surface area contributed by atoms with E-state index in [1.54, 1.807) is 12.1 Å². The molecule has 2 aromatic rings. The van der Waals surface area contributed by atoms with Gasteiger partial charge in [-0.05, 0) is 66.0 Å². The molecule has 2 nitrogen and oxygen atoms in total. The Kier molecular flexibility index (Phi) is 3.87. The molecule has 0 bridgehead atoms. The van der Waals surface area contributed by atoms with Crippen LogP contribution in [-0.2, 0) is 5.41 Å². The van der Waals surface area contributed by atoms with Crippen molar-refractivity contribution in [3.05, 3.63) is 59.7 Å². The molecule has 3 N–H and O–H groups in total. The molecular formula is C21H27NO. The Morgan fingerprint density at radius 3 is 1.96 bits per heavy atom. The normalized spacial score (nSPS) is 26.8. The Hall–Kier alpha value is -1.96. The van der Waals surface area contributed by atoms with Crippen LogP contribution in [0.3, 0.4) is 0 Å². The third-order valence-corrected chi connectivity index (χ3v) is 5.26. The van der Waals surface area contributed by atoms with Crippen molar-refractivity contribution in [1.82, 2.24) is 0 Å². The molecule has 2 atom stereocenters. The molecule has 1 aliphatic rings. The fraction of sp³-hybridized carbons (Fsp3) is 0.429. The summed E-state index contributed by atoms with van der Waals surface area (Å²) in [6.07, 6.45) is 3.49. The number of nitrogens with two attached hydrogens (primary N) is 1. The molecule has 122 valence electrons. The van der Waals surface area contributed by atoms with Gasteiger partial charge < -0.3 is 10.8 Å². The Balaban J connectivity index is 2.16. The van der Waals surface area contributed by atoms with Crippen LogP contribution >= 0.6 is 0 Å². The van der Waals surface area contributed by atoms with Gasteiger partial charge in [-0.1, -0.05) is 45.0 Å². The third-order valence-electron chi connectivity index (χ3n) is 5.26. The van der Waals surface area contributed by atoms with E-state index in [4.69, 9.17) is 5.73 Å². The molecule has 1 saturated carbocycles. The minimum atomic E-state index is -0.0113. The first-order valence-corrected chi connectivity index (χ1v) is 8.46. The first-order valence-electron chi connectivity index (χ1n) is 8.46. The van der Waals surface area contributed by atoms with Crippen molar-refractivity contribution in [2.75, 3.05) is 5.73 Å². The number of benzene rings is 2. The lowest BCUT2D eigenvalue weighted by molar-refractivity contribution is 0.127. The first kappa shape index (κ1) is 15.9. The van der Waals surface area contributed by atoms with Crippen LogP contribution in [0, 0.1) is 11.3 Å². The molecule has 0 amide bonds. The van der Waals surface area contributed by atoms with Crippen LogP contribution < -0.4 is 5.73 Å². The number of aromatic hydroxyl groups is 1. The van der Waals surface area contributed by atoms with Gasteiger partial charge in [0, 0.05) is 11.1 Å². The quantitative estimate of drug-likeness (QED) is 0.757. The number of hydrogen-bond donors (Lipinski definition) is 2. The highest BCUT2D eigenvalue weighted by molar-refractivity contribution is 5.47. The van der Waals surface area contributed by atoms with Crippen LogP contribution in [0.25, 0.3) is 0 Å². The Morgan fingerprint density at radius 2 is 1.43 bits per heavy atom. The number of anilines is 1. The molecule has 0 aromatic heterocycles. The molecule has 0 heterocycles. The predicted molar refractivity (Wildman–Crippen MR) is 96.5 cm³/mol. The largest absolute Gasteiger partial charge is 0.508 e. The number of nitrogen functional groups attached to an aromatic ring is 1. The smallest absolute Gasteiger partial charge is 0.115 e. The van der Waals surface area contributed by atoms with Gasteiger partial charge in [-0.25, -0.2) is 0 Å². The summed E-state index contributed by atoms with van der Waals surface area (Å²) in [5.74, 6) is 0.981. The van der Waals surface area contributed by atoms with Crippen LogP contribution in [0.1, 0.15) is 51.2 Å². The van der Waals surface area contributed by atoms with E-state index < -0.39 is 0 Å². The molecular weight excluding hydrogens is 282 g/mol. The lowest BCUT2D eigenvalue weighted by Gasteiger charge is -2.48. The summed E-state index contributed by atoms with van der Waals surface area (Å²) in [7, 11) is 0. The molecule has 23 heavy (non-hydrogen) atoms. The molecule has 1 fully saturated rings. The average Bonchev–Trinajstić information content (AvgIpc) is 2.46. The van der Waals surface area contributed by atoms with E-state index >= 15 is 0 Å². The summed E-state index contributed by atoms with van der Waals surface area (Å²) in [5.41, 5.74) is 9.61. The van der Waals surface area contributed by atoms with Crippen LogP contribution in [0.4, 0.5) is 5.69 Å². The van der Waals surface area contributed by atoms with Crippen LogP contribution in [0.15, 0.2) is 48.5 Å². The zero-order valence-electron chi connectivity index (χ0n) is 14.3. The van der Waals surface area contributed by atoms with E-state index in [1.165, 1.54) is 17.5 Å². The van der Waals surface area contributed by atoms with Crippen LogP contribution in [-0.4, -0.2) is 5.11 Å². The van der Waals surface area contributed by atoms with Crippen molar-refractivity contribution in [3.63, 3.8) is 0 Å². The first-order chi connectivity index (χ1) is 10.8. The summed E-state index contributed by atoms with van der Waals surface area (Å²) < 4.78 is 0. The number of phenols is 1. The molecule has 1 aliphatic carbocycles. The van der Waals surface area contributed by atoms with E-state index in [-0.39, 0.29) is 10.8 Å². The van der Waals surface area contributed by atoms with Crippen molar-refractivity contribution in [2.24, 2.45) is 11.3 Å². The van der Waals surface area contributed by atoms with Crippen molar-refractivity contribution in [1.29, 1.82) is 0 Å². The monoisotopic (exact) mass is 309 g/mol. The van der Waals surface area contributed by atoms with Crippen molar-refractivity contribution in [3.8, 4) is 5.75 Å². The third kappa shape index (κ3) is 3.08. The summed E-state index contributed by atoms with van der Waals surface area (Å²) in [5, 5.41) is 9.68. The second-order valence-electron chi connectivity index (χ2n) is 8.11. The van der Waals surface area contributed by atoms with Crippen molar-refractivity contribution in [2.45, 2.75) is 45.4 Å². The highest BCUT2D eigenvalue weighted by Gasteiger charge is 2.45. The number of hydrogen-bond acceptors (Lipinski definition) is 2. The van der Waals surface area contributed by atoms with Crippen molar-refractivity contribution < 1.29 is 5.11 Å². The highest BCUT2D eigenvalue weighted by Crippen LogP contribution is 2.53. The zero-order chi connectivity index (χ0) is 16.7. The summed E-state index contributed by atoms with van der Waals surface area (Å²) in [6, 6.07) is 16.1. The SMILES string of the molecule is CC1CC(C)(C)CC(c2ccc(N)cc2)(c2ccc(O)cc2)C1. The summed E-state index contributed by atoms with van der Waals surface area (Å²) >= 11 is 0. The Morgan fingerprint density at radius 1 is 0.913 bits per heavy atom. The average molecular weight is 309 g/mol. The fourth-order valence-electron chi connectivity index (χ4n) is 4.76. The Labute approximate surface area is 139 Å². The highest BCUT2D eigenvalue weighted by atomic mass is 16.3. The molecule has 3 rings (SSSR count). The second kappa shape index (κ2) is 5.59. The van der Waals surface area contributed by atoms with E-state index in [0.717, 1.165) is 18.5 Å². The van der Waals surface area contributed by atoms with Gasteiger partial charge in [-0.3, -0.25) is 0 Å². The number of phenolic OH excluding ortho intramolecular Hbond substituents is 1. The molecule has 0 radical (unpaired) electrons. The van der Waals surface area contributed by atoms with Gasteiger partial charge in [0.15, 0.2) is 0 Å². The van der Waals surface area contributed by atoms with Crippen molar-refractivity contribution >= 4 is 5.69 Å². The van der Waals surface area contributed by atoms with E-state index in [9.17, 15) is 5.11 Å². The topological polar surface area (TPSA) is 46.2 Å². The molecule has 0 saturated heterocycles. The van der Waals surface area contributed by atoms with Gasteiger partial charge in [0.1, 0.15) is 5.75 Å². The van der Waals surface area contributed by atoms with E-state index in [1.807, 2.05) is 12.1 Å². The lowest BCUT2D eigenvalue weighted by Crippen LogP contribution is -2.41. The van der Waals surface area contributed by atoms with E-state index in [2.05, 4.69) is 45.0 Å². The van der Waals surface area contributed by atoms with E-state index in [0.29, 0.717) is 11.7 Å². The maximum Gasteiger partial charge on any atom is 0.115 e. The lowest BCUT2D eigenvalue weighted by atomic mass is 9.55. The van der Waals surface area contributed by atoms with Gasteiger partial charge in [0.2, 0.25) is 0 Å². The fourth-order valence-corrected chi connectivity index (χ4v) is 4.76.